The van der Waals surface area contributed by atoms with Gasteiger partial charge in [-0.3, -0.25) is 4.79 Å². The third kappa shape index (κ3) is 3.41. The zero-order valence-electron chi connectivity index (χ0n) is 17.5. The lowest BCUT2D eigenvalue weighted by Gasteiger charge is -2.28. The Hall–Kier alpha value is -3.08. The molecule has 0 aliphatic heterocycles. The molecule has 0 saturated carbocycles. The van der Waals surface area contributed by atoms with E-state index in [1.54, 1.807) is 7.11 Å². The van der Waals surface area contributed by atoms with Crippen LogP contribution in [0.15, 0.2) is 48.5 Å². The maximum absolute atomic E-state index is 13.3. The van der Waals surface area contributed by atoms with Crippen LogP contribution in [0.4, 0.5) is 0 Å². The Kier molecular flexibility index (Phi) is 4.91. The number of nitrogens with one attached hydrogen (secondary N) is 1. The quantitative estimate of drug-likeness (QED) is 0.706. The zero-order valence-corrected chi connectivity index (χ0v) is 17.5. The number of ether oxygens (including phenoxy) is 1. The highest BCUT2D eigenvalue weighted by atomic mass is 16.5. The molecule has 0 fully saturated rings. The molecule has 2 aromatic carbocycles. The normalized spacial score (nSPS) is 13.2. The number of amides is 1. The number of methoxy groups -OCH3 is 1. The summed E-state index contributed by atoms with van der Waals surface area (Å²) in [6.07, 6.45) is 2.88. The number of benzene rings is 2. The molecule has 1 aliphatic rings. The molecular weight excluding hydrogens is 362 g/mol. The second kappa shape index (κ2) is 7.39. The number of carbonyl (C=O) groups excluding carboxylic acids is 1. The van der Waals surface area contributed by atoms with E-state index in [1.807, 2.05) is 54.9 Å². The van der Waals surface area contributed by atoms with Crippen LogP contribution in [0, 0.1) is 6.92 Å². The Labute approximate surface area is 171 Å². The van der Waals surface area contributed by atoms with Crippen LogP contribution in [-0.4, -0.2) is 22.8 Å². The van der Waals surface area contributed by atoms with E-state index in [4.69, 9.17) is 9.84 Å². The molecule has 0 unspecified atom stereocenters. The number of carbonyl (C=O) groups is 1. The molecule has 1 heterocycles. The van der Waals surface area contributed by atoms with Crippen LogP contribution < -0.4 is 10.1 Å². The third-order valence-corrected chi connectivity index (χ3v) is 5.70. The van der Waals surface area contributed by atoms with Crippen LogP contribution in [0.3, 0.4) is 0 Å². The van der Waals surface area contributed by atoms with E-state index in [2.05, 4.69) is 24.4 Å². The van der Waals surface area contributed by atoms with Crippen LogP contribution >= 0.6 is 0 Å². The number of hydrogen-bond acceptors (Lipinski definition) is 3. The van der Waals surface area contributed by atoms with Crippen molar-refractivity contribution in [2.45, 2.75) is 45.6 Å². The Morgan fingerprint density at radius 1 is 1.10 bits per heavy atom. The molecule has 3 aromatic rings. The summed E-state index contributed by atoms with van der Waals surface area (Å²) in [4.78, 5) is 13.3. The average molecular weight is 389 g/mol. The molecule has 0 saturated heterocycles. The minimum atomic E-state index is -0.596. The molecule has 4 rings (SSSR count). The van der Waals surface area contributed by atoms with E-state index in [-0.39, 0.29) is 5.91 Å². The van der Waals surface area contributed by atoms with E-state index < -0.39 is 5.54 Å². The number of rotatable bonds is 5. The van der Waals surface area contributed by atoms with Crippen molar-refractivity contribution in [3.8, 4) is 11.4 Å². The van der Waals surface area contributed by atoms with Crippen LogP contribution in [0.25, 0.3) is 5.69 Å². The standard InChI is InChI=1S/C24H27N3O2/c1-16-10-5-7-13-19(16)27-20-14-9-11-17(20)22(26-27)23(28)25-24(2,3)18-12-6-8-15-21(18)29-4/h5-8,10,12-13,15H,9,11,14H2,1-4H3,(H,25,28). The Balaban J connectivity index is 1.70. The summed E-state index contributed by atoms with van der Waals surface area (Å²) in [5, 5.41) is 7.93. The number of fused-ring (bicyclic) bond motifs is 1. The van der Waals surface area contributed by atoms with Crippen molar-refractivity contribution in [2.24, 2.45) is 0 Å². The molecule has 150 valence electrons. The van der Waals surface area contributed by atoms with Gasteiger partial charge in [0.05, 0.1) is 18.3 Å². The van der Waals surface area contributed by atoms with Gasteiger partial charge in [-0.2, -0.15) is 5.10 Å². The van der Waals surface area contributed by atoms with E-state index in [1.165, 1.54) is 0 Å². The number of nitrogens with zero attached hydrogens (tertiary/aromatic N) is 2. The first-order chi connectivity index (χ1) is 13.9. The largest absolute Gasteiger partial charge is 0.496 e. The fourth-order valence-corrected chi connectivity index (χ4v) is 4.19. The van der Waals surface area contributed by atoms with E-state index >= 15 is 0 Å². The van der Waals surface area contributed by atoms with Crippen molar-refractivity contribution in [2.75, 3.05) is 7.11 Å². The first-order valence-electron chi connectivity index (χ1n) is 10.0. The van der Waals surface area contributed by atoms with Gasteiger partial charge in [-0.1, -0.05) is 36.4 Å². The topological polar surface area (TPSA) is 56.1 Å². The van der Waals surface area contributed by atoms with Gasteiger partial charge in [0.25, 0.3) is 5.91 Å². The molecule has 1 amide bonds. The molecule has 1 aromatic heterocycles. The highest BCUT2D eigenvalue weighted by Gasteiger charge is 2.32. The molecule has 0 radical (unpaired) electrons. The number of aromatic nitrogens is 2. The summed E-state index contributed by atoms with van der Waals surface area (Å²) in [6.45, 7) is 6.05. The molecule has 1 N–H and O–H groups in total. The molecule has 1 aliphatic carbocycles. The van der Waals surface area contributed by atoms with Crippen LogP contribution in [0.1, 0.15) is 53.1 Å². The van der Waals surface area contributed by atoms with Crippen molar-refractivity contribution in [1.29, 1.82) is 0 Å². The molecule has 0 spiro atoms. The third-order valence-electron chi connectivity index (χ3n) is 5.70. The van der Waals surface area contributed by atoms with Crippen molar-refractivity contribution in [3.05, 3.63) is 76.6 Å². The predicted octanol–water partition coefficient (Wildman–Crippen LogP) is 4.34. The van der Waals surface area contributed by atoms with Crippen LogP contribution in [0.2, 0.25) is 0 Å². The highest BCUT2D eigenvalue weighted by Crippen LogP contribution is 2.32. The van der Waals surface area contributed by atoms with Gasteiger partial charge in [0.1, 0.15) is 5.75 Å². The summed E-state index contributed by atoms with van der Waals surface area (Å²) in [7, 11) is 1.65. The van der Waals surface area contributed by atoms with Gasteiger partial charge in [0.2, 0.25) is 0 Å². The van der Waals surface area contributed by atoms with E-state index in [9.17, 15) is 4.79 Å². The number of aryl methyl sites for hydroxylation is 1. The minimum Gasteiger partial charge on any atom is -0.496 e. The van der Waals surface area contributed by atoms with Crippen molar-refractivity contribution in [3.63, 3.8) is 0 Å². The van der Waals surface area contributed by atoms with Crippen LogP contribution in [0.5, 0.6) is 5.75 Å². The summed E-state index contributed by atoms with van der Waals surface area (Å²) < 4.78 is 7.46. The van der Waals surface area contributed by atoms with Crippen molar-refractivity contribution >= 4 is 5.91 Å². The van der Waals surface area contributed by atoms with E-state index in [0.717, 1.165) is 53.1 Å². The van der Waals surface area contributed by atoms with Gasteiger partial charge in [0, 0.05) is 16.8 Å². The maximum Gasteiger partial charge on any atom is 0.272 e. The van der Waals surface area contributed by atoms with Gasteiger partial charge >= 0.3 is 0 Å². The van der Waals surface area contributed by atoms with Gasteiger partial charge in [-0.25, -0.2) is 4.68 Å². The Bertz CT molecular complexity index is 1070. The fourth-order valence-electron chi connectivity index (χ4n) is 4.19. The molecule has 5 nitrogen and oxygen atoms in total. The maximum atomic E-state index is 13.3. The Morgan fingerprint density at radius 2 is 1.83 bits per heavy atom. The number of para-hydroxylation sites is 2. The summed E-state index contributed by atoms with van der Waals surface area (Å²) >= 11 is 0. The van der Waals surface area contributed by atoms with Gasteiger partial charge in [-0.05, 0) is 57.7 Å². The highest BCUT2D eigenvalue weighted by molar-refractivity contribution is 5.95. The number of hydrogen-bond donors (Lipinski definition) is 1. The minimum absolute atomic E-state index is 0.147. The van der Waals surface area contributed by atoms with E-state index in [0.29, 0.717) is 5.69 Å². The lowest BCUT2D eigenvalue weighted by atomic mass is 9.93. The summed E-state index contributed by atoms with van der Waals surface area (Å²) in [5.41, 5.74) is 5.28. The fraction of sp³-hybridized carbons (Fsp3) is 0.333. The molecule has 0 atom stereocenters. The van der Waals surface area contributed by atoms with Crippen LogP contribution in [-0.2, 0) is 18.4 Å². The molecule has 29 heavy (non-hydrogen) atoms. The van der Waals surface area contributed by atoms with Gasteiger partial charge in [-0.15, -0.1) is 0 Å². The second-order valence-electron chi connectivity index (χ2n) is 8.11. The lowest BCUT2D eigenvalue weighted by molar-refractivity contribution is 0.0904. The Morgan fingerprint density at radius 3 is 2.59 bits per heavy atom. The lowest BCUT2D eigenvalue weighted by Crippen LogP contribution is -2.41. The van der Waals surface area contributed by atoms with Gasteiger partial charge < -0.3 is 10.1 Å². The van der Waals surface area contributed by atoms with Gasteiger partial charge in [0.15, 0.2) is 5.69 Å². The SMILES string of the molecule is COc1ccccc1C(C)(C)NC(=O)c1nn(-c2ccccc2C)c2c1CCC2. The smallest absolute Gasteiger partial charge is 0.272 e. The first kappa shape index (κ1) is 19.2. The molecule has 5 heteroatoms. The molecule has 0 bridgehead atoms. The van der Waals surface area contributed by atoms with Crippen molar-refractivity contribution in [1.82, 2.24) is 15.1 Å². The molecular formula is C24H27N3O2. The predicted molar refractivity (Wildman–Crippen MR) is 114 cm³/mol. The summed E-state index contributed by atoms with van der Waals surface area (Å²) in [6, 6.07) is 15.9. The monoisotopic (exact) mass is 389 g/mol. The summed E-state index contributed by atoms with van der Waals surface area (Å²) in [5.74, 6) is 0.611. The zero-order chi connectivity index (χ0) is 20.6. The van der Waals surface area contributed by atoms with Crippen molar-refractivity contribution < 1.29 is 9.53 Å². The average Bonchev–Trinajstić information content (AvgIpc) is 3.31. The second-order valence-corrected chi connectivity index (χ2v) is 8.11. The first-order valence-corrected chi connectivity index (χ1v) is 10.0.